The van der Waals surface area contributed by atoms with Crippen molar-refractivity contribution in [2.45, 2.75) is 36.5 Å². The standard InChI is InChI=1S/C52H46O4/c53-29-31-55-45-25-21-43(22-26-45)51(47-13-5-1-9-39(47)33-40-10-2-6-14-48(40)51)35-37-17-19-38(20-18-37)36-52(44-23-27-46(28-24-44)56-32-30-54)49-15-7-3-11-41(49)34-42-12-4-8-16-50(42)52/h1-28,53-54H,29-36H2. The first-order valence-electron chi connectivity index (χ1n) is 19.7. The maximum atomic E-state index is 9.38. The van der Waals surface area contributed by atoms with Gasteiger partial charge in [-0.2, -0.15) is 0 Å². The number of aliphatic hydroxyl groups is 2. The van der Waals surface area contributed by atoms with Crippen molar-refractivity contribution in [3.05, 3.63) is 237 Å². The Morgan fingerprint density at radius 2 is 0.679 bits per heavy atom. The SMILES string of the molecule is OCCOc1ccc(C2(Cc3ccc(CC4(c5ccc(OCCO)cc5)c5ccccc5Cc5ccccc54)cc3)c3ccccc3Cc3ccccc32)cc1. The van der Waals surface area contributed by atoms with Crippen LogP contribution in [0.4, 0.5) is 0 Å². The summed E-state index contributed by atoms with van der Waals surface area (Å²) in [5.74, 6) is 1.51. The van der Waals surface area contributed by atoms with Crippen LogP contribution in [0.15, 0.2) is 170 Å². The van der Waals surface area contributed by atoms with Gasteiger partial charge in [0.05, 0.1) is 13.2 Å². The highest BCUT2D eigenvalue weighted by Gasteiger charge is 2.44. The third-order valence-electron chi connectivity index (χ3n) is 12.0. The van der Waals surface area contributed by atoms with E-state index in [9.17, 15) is 10.2 Å². The summed E-state index contributed by atoms with van der Waals surface area (Å²) in [6, 6.07) is 62.1. The van der Waals surface area contributed by atoms with E-state index in [-0.39, 0.29) is 26.4 Å². The summed E-state index contributed by atoms with van der Waals surface area (Å²) >= 11 is 0. The lowest BCUT2D eigenvalue weighted by molar-refractivity contribution is 0.201. The van der Waals surface area contributed by atoms with E-state index in [0.717, 1.165) is 37.2 Å². The summed E-state index contributed by atoms with van der Waals surface area (Å²) in [4.78, 5) is 0. The van der Waals surface area contributed by atoms with Crippen LogP contribution in [0, 0.1) is 0 Å². The largest absolute Gasteiger partial charge is 0.491 e. The minimum Gasteiger partial charge on any atom is -0.491 e. The van der Waals surface area contributed by atoms with Gasteiger partial charge in [0.15, 0.2) is 0 Å². The molecule has 0 aliphatic heterocycles. The van der Waals surface area contributed by atoms with Gasteiger partial charge in [0, 0.05) is 10.8 Å². The van der Waals surface area contributed by atoms with E-state index in [0.29, 0.717) is 0 Å². The lowest BCUT2D eigenvalue weighted by Gasteiger charge is -2.42. The van der Waals surface area contributed by atoms with Crippen molar-refractivity contribution < 1.29 is 19.7 Å². The molecule has 0 bridgehead atoms. The van der Waals surface area contributed by atoms with Crippen LogP contribution in [0.5, 0.6) is 11.5 Å². The number of hydrogen-bond donors (Lipinski definition) is 2. The summed E-state index contributed by atoms with van der Waals surface area (Å²) in [6.45, 7) is 0.501. The van der Waals surface area contributed by atoms with Crippen molar-refractivity contribution >= 4 is 0 Å². The molecule has 0 saturated carbocycles. The molecule has 2 aliphatic carbocycles. The summed E-state index contributed by atoms with van der Waals surface area (Å²) in [6.07, 6.45) is 3.41. The van der Waals surface area contributed by atoms with Crippen LogP contribution in [0.2, 0.25) is 0 Å². The van der Waals surface area contributed by atoms with Gasteiger partial charge in [0.2, 0.25) is 0 Å². The number of fused-ring (bicyclic) bond motifs is 4. The Hall–Kier alpha value is -5.94. The zero-order chi connectivity index (χ0) is 38.0. The second-order valence-electron chi connectivity index (χ2n) is 15.2. The molecule has 0 atom stereocenters. The highest BCUT2D eigenvalue weighted by atomic mass is 16.5. The van der Waals surface area contributed by atoms with E-state index in [2.05, 4.69) is 146 Å². The third-order valence-corrected chi connectivity index (χ3v) is 12.0. The van der Waals surface area contributed by atoms with Gasteiger partial charge < -0.3 is 19.7 Å². The van der Waals surface area contributed by atoms with Gasteiger partial charge >= 0.3 is 0 Å². The van der Waals surface area contributed by atoms with Crippen molar-refractivity contribution in [3.63, 3.8) is 0 Å². The lowest BCUT2D eigenvalue weighted by atomic mass is 9.60. The quantitative estimate of drug-likeness (QED) is 0.131. The first-order valence-corrected chi connectivity index (χ1v) is 19.7. The molecule has 2 aliphatic rings. The van der Waals surface area contributed by atoms with Crippen molar-refractivity contribution in [3.8, 4) is 11.5 Å². The maximum Gasteiger partial charge on any atom is 0.119 e. The average molecular weight is 735 g/mol. The number of rotatable bonds is 12. The van der Waals surface area contributed by atoms with Gasteiger partial charge in [0.25, 0.3) is 0 Å². The molecule has 2 N–H and O–H groups in total. The first-order chi connectivity index (χ1) is 27.6. The first kappa shape index (κ1) is 35.7. The average Bonchev–Trinajstić information content (AvgIpc) is 3.25. The molecular weight excluding hydrogens is 689 g/mol. The van der Waals surface area contributed by atoms with Gasteiger partial charge in [-0.15, -0.1) is 0 Å². The Bertz CT molecular complexity index is 2180. The van der Waals surface area contributed by atoms with E-state index in [1.165, 1.54) is 66.8 Å². The Labute approximate surface area is 329 Å². The van der Waals surface area contributed by atoms with Crippen molar-refractivity contribution in [1.82, 2.24) is 0 Å². The van der Waals surface area contributed by atoms with Crippen molar-refractivity contribution in [1.29, 1.82) is 0 Å². The molecule has 4 nitrogen and oxygen atoms in total. The summed E-state index contributed by atoms with van der Waals surface area (Å²) < 4.78 is 11.6. The number of ether oxygens (including phenoxy) is 2. The van der Waals surface area contributed by atoms with Crippen LogP contribution < -0.4 is 9.47 Å². The van der Waals surface area contributed by atoms with E-state index in [1.54, 1.807) is 0 Å². The Kier molecular flexibility index (Phi) is 9.77. The van der Waals surface area contributed by atoms with Gasteiger partial charge in [0.1, 0.15) is 24.7 Å². The van der Waals surface area contributed by atoms with Crippen LogP contribution in [-0.2, 0) is 36.5 Å². The van der Waals surface area contributed by atoms with E-state index in [4.69, 9.17) is 9.47 Å². The molecule has 0 radical (unpaired) electrons. The fourth-order valence-electron chi connectivity index (χ4n) is 9.66. The Morgan fingerprint density at radius 1 is 0.375 bits per heavy atom. The van der Waals surface area contributed by atoms with Gasteiger partial charge in [-0.05, 0) is 117 Å². The Balaban J connectivity index is 1.14. The molecule has 56 heavy (non-hydrogen) atoms. The predicted molar refractivity (Wildman–Crippen MR) is 223 cm³/mol. The highest BCUT2D eigenvalue weighted by Crippen LogP contribution is 2.51. The minimum absolute atomic E-state index is 0.0186. The van der Waals surface area contributed by atoms with Crippen LogP contribution in [0.25, 0.3) is 0 Å². The van der Waals surface area contributed by atoms with Gasteiger partial charge in [-0.1, -0.05) is 146 Å². The molecule has 0 heterocycles. The van der Waals surface area contributed by atoms with E-state index in [1.807, 2.05) is 24.3 Å². The fraction of sp³-hybridized carbons (Fsp3) is 0.192. The van der Waals surface area contributed by atoms with E-state index >= 15 is 0 Å². The molecular formula is C52H46O4. The lowest BCUT2D eigenvalue weighted by Crippen LogP contribution is -2.37. The maximum absolute atomic E-state index is 9.38. The molecule has 7 aromatic carbocycles. The molecule has 0 aromatic heterocycles. The summed E-state index contributed by atoms with van der Waals surface area (Å²) in [7, 11) is 0. The van der Waals surface area contributed by atoms with Crippen molar-refractivity contribution in [2.75, 3.05) is 26.4 Å². The second-order valence-corrected chi connectivity index (χ2v) is 15.2. The second kappa shape index (κ2) is 15.3. The number of benzene rings is 7. The molecule has 7 aromatic rings. The predicted octanol–water partition coefficient (Wildman–Crippen LogP) is 9.39. The number of hydrogen-bond acceptors (Lipinski definition) is 4. The number of aliphatic hydroxyl groups excluding tert-OH is 2. The zero-order valence-corrected chi connectivity index (χ0v) is 31.5. The monoisotopic (exact) mass is 734 g/mol. The zero-order valence-electron chi connectivity index (χ0n) is 31.5. The Morgan fingerprint density at radius 3 is 0.982 bits per heavy atom. The molecule has 0 saturated heterocycles. The van der Waals surface area contributed by atoms with Crippen LogP contribution in [-0.4, -0.2) is 36.6 Å². The van der Waals surface area contributed by atoms with Gasteiger partial charge in [-0.25, -0.2) is 0 Å². The topological polar surface area (TPSA) is 58.9 Å². The molecule has 0 unspecified atom stereocenters. The van der Waals surface area contributed by atoms with Gasteiger partial charge in [-0.3, -0.25) is 0 Å². The van der Waals surface area contributed by atoms with E-state index < -0.39 is 10.8 Å². The fourth-order valence-corrected chi connectivity index (χ4v) is 9.66. The molecule has 278 valence electrons. The molecule has 4 heteroatoms. The smallest absolute Gasteiger partial charge is 0.119 e. The molecule has 9 rings (SSSR count). The molecule has 0 amide bonds. The minimum atomic E-state index is -0.412. The van der Waals surface area contributed by atoms with Crippen LogP contribution in [0.3, 0.4) is 0 Å². The summed E-state index contributed by atoms with van der Waals surface area (Å²) in [5, 5.41) is 18.8. The molecule has 0 fully saturated rings. The molecule has 0 spiro atoms. The van der Waals surface area contributed by atoms with Crippen LogP contribution in [0.1, 0.15) is 66.8 Å². The highest BCUT2D eigenvalue weighted by molar-refractivity contribution is 5.63. The normalized spacial score (nSPS) is 14.5. The summed E-state index contributed by atoms with van der Waals surface area (Å²) in [5.41, 5.74) is 14.9. The van der Waals surface area contributed by atoms with Crippen LogP contribution >= 0.6 is 0 Å². The third kappa shape index (κ3) is 6.29. The van der Waals surface area contributed by atoms with Crippen molar-refractivity contribution in [2.24, 2.45) is 0 Å².